The first-order valence-electron chi connectivity index (χ1n) is 7.86. The van der Waals surface area contributed by atoms with Crippen LogP contribution in [0.2, 0.25) is 5.02 Å². The lowest BCUT2D eigenvalue weighted by atomic mass is 9.92. The first-order chi connectivity index (χ1) is 11.5. The summed E-state index contributed by atoms with van der Waals surface area (Å²) < 4.78 is 0. The van der Waals surface area contributed by atoms with Crippen molar-refractivity contribution in [3.63, 3.8) is 0 Å². The average Bonchev–Trinajstić information content (AvgIpc) is 3.02. The van der Waals surface area contributed by atoms with Crippen molar-refractivity contribution in [3.8, 4) is 0 Å². The molecule has 24 heavy (non-hydrogen) atoms. The van der Waals surface area contributed by atoms with Gasteiger partial charge in [0.25, 0.3) is 0 Å². The molecule has 1 atom stereocenters. The number of likely N-dealkylation sites (tertiary alicyclic amines) is 1. The van der Waals surface area contributed by atoms with E-state index in [4.69, 9.17) is 21.6 Å². The zero-order valence-corrected chi connectivity index (χ0v) is 14.0. The SMILES string of the molecule is O=C(NCB(O)O)C1CCCN1C(=O)CNCc1cccc(Cl)c1. The number of carbonyl (C=O) groups is 2. The topological polar surface area (TPSA) is 102 Å². The third kappa shape index (κ3) is 5.49. The van der Waals surface area contributed by atoms with E-state index < -0.39 is 13.2 Å². The molecule has 4 N–H and O–H groups in total. The van der Waals surface area contributed by atoms with Gasteiger partial charge in [0.2, 0.25) is 11.8 Å². The lowest BCUT2D eigenvalue weighted by Gasteiger charge is -2.24. The minimum absolute atomic E-state index is 0.124. The second-order valence-corrected chi connectivity index (χ2v) is 6.14. The van der Waals surface area contributed by atoms with Gasteiger partial charge in [-0.25, -0.2) is 0 Å². The number of carbonyl (C=O) groups excluding carboxylic acids is 2. The van der Waals surface area contributed by atoms with Crippen LogP contribution in [0.5, 0.6) is 0 Å². The zero-order valence-electron chi connectivity index (χ0n) is 13.2. The van der Waals surface area contributed by atoms with Crippen molar-refractivity contribution in [2.24, 2.45) is 0 Å². The van der Waals surface area contributed by atoms with E-state index in [-0.39, 0.29) is 24.8 Å². The molecule has 2 amide bonds. The molecule has 0 saturated carbocycles. The van der Waals surface area contributed by atoms with Crippen LogP contribution in [0.4, 0.5) is 0 Å². The summed E-state index contributed by atoms with van der Waals surface area (Å²) in [5, 5.41) is 23.7. The fraction of sp³-hybridized carbons (Fsp3) is 0.467. The van der Waals surface area contributed by atoms with Gasteiger partial charge in [-0.1, -0.05) is 23.7 Å². The monoisotopic (exact) mass is 353 g/mol. The average molecular weight is 354 g/mol. The Morgan fingerprint density at radius 1 is 1.38 bits per heavy atom. The highest BCUT2D eigenvalue weighted by molar-refractivity contribution is 6.41. The van der Waals surface area contributed by atoms with Gasteiger partial charge in [0.15, 0.2) is 0 Å². The molecule has 1 aromatic carbocycles. The van der Waals surface area contributed by atoms with Gasteiger partial charge in [0.05, 0.1) is 13.0 Å². The third-order valence-electron chi connectivity index (χ3n) is 3.83. The van der Waals surface area contributed by atoms with E-state index in [0.29, 0.717) is 24.5 Å². The van der Waals surface area contributed by atoms with Crippen LogP contribution in [-0.2, 0) is 16.1 Å². The van der Waals surface area contributed by atoms with Crippen LogP contribution in [0, 0.1) is 0 Å². The van der Waals surface area contributed by atoms with Gasteiger partial charge in [0, 0.05) is 18.1 Å². The fourth-order valence-electron chi connectivity index (χ4n) is 2.71. The molecular weight excluding hydrogens is 332 g/mol. The minimum atomic E-state index is -1.60. The van der Waals surface area contributed by atoms with Gasteiger partial charge in [-0.3, -0.25) is 9.59 Å². The number of nitrogens with one attached hydrogen (secondary N) is 2. The molecule has 1 heterocycles. The summed E-state index contributed by atoms with van der Waals surface area (Å²) in [5.74, 6) is -0.511. The number of hydrogen-bond donors (Lipinski definition) is 4. The Balaban J connectivity index is 1.81. The van der Waals surface area contributed by atoms with Crippen molar-refractivity contribution in [2.75, 3.05) is 19.5 Å². The second-order valence-electron chi connectivity index (χ2n) is 5.70. The summed E-state index contributed by atoms with van der Waals surface area (Å²) in [7, 11) is -1.60. The van der Waals surface area contributed by atoms with Crippen LogP contribution in [0.3, 0.4) is 0 Å². The van der Waals surface area contributed by atoms with Crippen LogP contribution in [0.1, 0.15) is 18.4 Å². The zero-order chi connectivity index (χ0) is 17.5. The number of amides is 2. The van der Waals surface area contributed by atoms with E-state index in [1.54, 1.807) is 6.07 Å². The summed E-state index contributed by atoms with van der Waals surface area (Å²) in [6.45, 7) is 1.16. The molecule has 7 nitrogen and oxygen atoms in total. The van der Waals surface area contributed by atoms with Crippen molar-refractivity contribution in [3.05, 3.63) is 34.9 Å². The van der Waals surface area contributed by atoms with Crippen LogP contribution < -0.4 is 10.6 Å². The van der Waals surface area contributed by atoms with Gasteiger partial charge in [-0.15, -0.1) is 0 Å². The maximum absolute atomic E-state index is 12.3. The first kappa shape index (κ1) is 18.7. The minimum Gasteiger partial charge on any atom is -0.426 e. The highest BCUT2D eigenvalue weighted by Crippen LogP contribution is 2.17. The fourth-order valence-corrected chi connectivity index (χ4v) is 2.92. The molecule has 0 aromatic heterocycles. The summed E-state index contributed by atoms with van der Waals surface area (Å²) >= 11 is 5.91. The van der Waals surface area contributed by atoms with E-state index in [0.717, 1.165) is 12.0 Å². The molecule has 9 heteroatoms. The Bertz CT molecular complexity index is 588. The standard InChI is InChI=1S/C15H21BClN3O4/c17-12-4-1-3-11(7-12)8-18-9-14(21)20-6-2-5-13(20)15(22)19-10-16(23)24/h1,3-4,7,13,18,23-24H,2,5-6,8-10H2,(H,19,22). The van der Waals surface area contributed by atoms with Gasteiger partial charge in [-0.05, 0) is 30.5 Å². The normalized spacial score (nSPS) is 17.0. The number of halogens is 1. The van der Waals surface area contributed by atoms with Crippen LogP contribution >= 0.6 is 11.6 Å². The highest BCUT2D eigenvalue weighted by Gasteiger charge is 2.33. The molecule has 0 radical (unpaired) electrons. The van der Waals surface area contributed by atoms with Crippen LogP contribution in [0.15, 0.2) is 24.3 Å². The predicted molar refractivity (Wildman–Crippen MR) is 91.1 cm³/mol. The molecule has 1 fully saturated rings. The van der Waals surface area contributed by atoms with Gasteiger partial charge in [-0.2, -0.15) is 0 Å². The molecule has 1 aliphatic heterocycles. The van der Waals surface area contributed by atoms with Crippen molar-refractivity contribution in [1.82, 2.24) is 15.5 Å². The molecule has 0 spiro atoms. The molecule has 0 aliphatic carbocycles. The van der Waals surface area contributed by atoms with Crippen molar-refractivity contribution in [1.29, 1.82) is 0 Å². The Labute approximate surface area is 146 Å². The molecule has 2 rings (SSSR count). The number of benzene rings is 1. The van der Waals surface area contributed by atoms with E-state index in [1.165, 1.54) is 4.90 Å². The summed E-state index contributed by atoms with van der Waals surface area (Å²) in [5.41, 5.74) is 0.975. The van der Waals surface area contributed by atoms with Crippen molar-refractivity contribution >= 4 is 30.5 Å². The van der Waals surface area contributed by atoms with Crippen molar-refractivity contribution in [2.45, 2.75) is 25.4 Å². The lowest BCUT2D eigenvalue weighted by Crippen LogP contribution is -2.50. The summed E-state index contributed by atoms with van der Waals surface area (Å²) in [6.07, 6.45) is 1.08. The molecule has 1 aromatic rings. The number of rotatable bonds is 7. The molecule has 130 valence electrons. The molecule has 1 aliphatic rings. The van der Waals surface area contributed by atoms with E-state index in [2.05, 4.69) is 10.6 Å². The first-order valence-corrected chi connectivity index (χ1v) is 8.23. The Morgan fingerprint density at radius 2 is 2.17 bits per heavy atom. The van der Waals surface area contributed by atoms with E-state index in [1.807, 2.05) is 18.2 Å². The molecule has 1 saturated heterocycles. The molecular formula is C15H21BClN3O4. The van der Waals surface area contributed by atoms with Crippen molar-refractivity contribution < 1.29 is 19.6 Å². The smallest absolute Gasteiger partial charge is 0.426 e. The van der Waals surface area contributed by atoms with E-state index in [9.17, 15) is 9.59 Å². The molecule has 1 unspecified atom stereocenters. The predicted octanol–water partition coefficient (Wildman–Crippen LogP) is -0.451. The van der Waals surface area contributed by atoms with Crippen LogP contribution in [-0.4, -0.2) is 59.5 Å². The number of nitrogens with zero attached hydrogens (tertiary/aromatic N) is 1. The maximum atomic E-state index is 12.3. The second kappa shape index (κ2) is 9.03. The quantitative estimate of drug-likeness (QED) is 0.497. The Morgan fingerprint density at radius 3 is 2.88 bits per heavy atom. The molecule has 0 bridgehead atoms. The van der Waals surface area contributed by atoms with Gasteiger partial charge in [0.1, 0.15) is 6.04 Å². The third-order valence-corrected chi connectivity index (χ3v) is 4.06. The van der Waals surface area contributed by atoms with E-state index >= 15 is 0 Å². The Kier molecular flexibility index (Phi) is 7.05. The lowest BCUT2D eigenvalue weighted by molar-refractivity contribution is -0.137. The van der Waals surface area contributed by atoms with Gasteiger partial charge >= 0.3 is 7.12 Å². The van der Waals surface area contributed by atoms with Crippen LogP contribution in [0.25, 0.3) is 0 Å². The highest BCUT2D eigenvalue weighted by atomic mass is 35.5. The summed E-state index contributed by atoms with van der Waals surface area (Å²) in [4.78, 5) is 25.9. The number of hydrogen-bond acceptors (Lipinski definition) is 5. The van der Waals surface area contributed by atoms with Gasteiger partial charge < -0.3 is 25.6 Å². The Hall–Kier alpha value is -1.61. The maximum Gasteiger partial charge on any atom is 0.472 e. The summed E-state index contributed by atoms with van der Waals surface area (Å²) in [6, 6.07) is 6.81. The largest absolute Gasteiger partial charge is 0.472 e.